The predicted octanol–water partition coefficient (Wildman–Crippen LogP) is 4.20. The molecule has 2 rings (SSSR count). The SMILES string of the molecule is Cc1cccc(Nc2ccc(Br)cn2)c1C. The van der Waals surface area contributed by atoms with E-state index in [-0.39, 0.29) is 0 Å². The molecule has 0 saturated carbocycles. The van der Waals surface area contributed by atoms with Gasteiger partial charge in [-0.2, -0.15) is 0 Å². The number of hydrogen-bond acceptors (Lipinski definition) is 2. The molecule has 16 heavy (non-hydrogen) atoms. The first-order chi connectivity index (χ1) is 7.66. The molecule has 0 amide bonds. The number of nitrogens with zero attached hydrogens (tertiary/aromatic N) is 1. The van der Waals surface area contributed by atoms with Crippen LogP contribution in [0, 0.1) is 13.8 Å². The molecule has 0 saturated heterocycles. The largest absolute Gasteiger partial charge is 0.340 e. The molecule has 0 atom stereocenters. The average Bonchev–Trinajstić information content (AvgIpc) is 2.28. The Morgan fingerprint density at radius 3 is 2.62 bits per heavy atom. The molecule has 82 valence electrons. The number of pyridine rings is 1. The van der Waals surface area contributed by atoms with E-state index in [0.29, 0.717) is 0 Å². The summed E-state index contributed by atoms with van der Waals surface area (Å²) in [5, 5.41) is 3.31. The van der Waals surface area contributed by atoms with Crippen molar-refractivity contribution < 1.29 is 0 Å². The second kappa shape index (κ2) is 4.66. The molecule has 0 radical (unpaired) electrons. The van der Waals surface area contributed by atoms with Crippen LogP contribution in [-0.2, 0) is 0 Å². The number of halogens is 1. The maximum atomic E-state index is 4.29. The van der Waals surface area contributed by atoms with Crippen LogP contribution >= 0.6 is 15.9 Å². The first-order valence-electron chi connectivity index (χ1n) is 5.11. The van der Waals surface area contributed by atoms with Gasteiger partial charge in [-0.15, -0.1) is 0 Å². The van der Waals surface area contributed by atoms with E-state index in [0.717, 1.165) is 16.0 Å². The number of aromatic nitrogens is 1. The maximum Gasteiger partial charge on any atom is 0.130 e. The highest BCUT2D eigenvalue weighted by molar-refractivity contribution is 9.10. The third-order valence-electron chi connectivity index (χ3n) is 2.59. The van der Waals surface area contributed by atoms with Crippen LogP contribution in [0.1, 0.15) is 11.1 Å². The highest BCUT2D eigenvalue weighted by Crippen LogP contribution is 2.22. The normalized spacial score (nSPS) is 10.2. The van der Waals surface area contributed by atoms with Gasteiger partial charge >= 0.3 is 0 Å². The summed E-state index contributed by atoms with van der Waals surface area (Å²) >= 11 is 3.37. The van der Waals surface area contributed by atoms with Crippen molar-refractivity contribution in [1.82, 2.24) is 4.98 Å². The van der Waals surface area contributed by atoms with E-state index in [1.54, 1.807) is 6.20 Å². The van der Waals surface area contributed by atoms with Gasteiger partial charge in [-0.05, 0) is 59.1 Å². The molecule has 0 aliphatic rings. The molecule has 1 N–H and O–H groups in total. The van der Waals surface area contributed by atoms with E-state index in [1.807, 2.05) is 18.2 Å². The van der Waals surface area contributed by atoms with Gasteiger partial charge in [-0.3, -0.25) is 0 Å². The molecular formula is C13H13BrN2. The fourth-order valence-corrected chi connectivity index (χ4v) is 1.71. The van der Waals surface area contributed by atoms with Crippen molar-refractivity contribution in [3.05, 3.63) is 52.1 Å². The summed E-state index contributed by atoms with van der Waals surface area (Å²) in [6.45, 7) is 4.21. The average molecular weight is 277 g/mol. The van der Waals surface area contributed by atoms with Crippen molar-refractivity contribution in [2.75, 3.05) is 5.32 Å². The fraction of sp³-hybridized carbons (Fsp3) is 0.154. The number of hydrogen-bond donors (Lipinski definition) is 1. The molecule has 0 fully saturated rings. The summed E-state index contributed by atoms with van der Waals surface area (Å²) in [6.07, 6.45) is 1.79. The molecule has 2 nitrogen and oxygen atoms in total. The Morgan fingerprint density at radius 1 is 1.12 bits per heavy atom. The number of anilines is 2. The molecule has 0 aliphatic carbocycles. The lowest BCUT2D eigenvalue weighted by molar-refractivity contribution is 1.27. The van der Waals surface area contributed by atoms with E-state index in [2.05, 4.69) is 52.2 Å². The maximum absolute atomic E-state index is 4.29. The van der Waals surface area contributed by atoms with Crippen molar-refractivity contribution in [3.8, 4) is 0 Å². The molecule has 1 aromatic carbocycles. The van der Waals surface area contributed by atoms with Crippen LogP contribution in [-0.4, -0.2) is 4.98 Å². The molecule has 1 heterocycles. The van der Waals surface area contributed by atoms with Gasteiger partial charge in [0, 0.05) is 16.4 Å². The van der Waals surface area contributed by atoms with Crippen LogP contribution in [0.15, 0.2) is 41.0 Å². The Balaban J connectivity index is 2.27. The van der Waals surface area contributed by atoms with Crippen LogP contribution in [0.25, 0.3) is 0 Å². The van der Waals surface area contributed by atoms with E-state index >= 15 is 0 Å². The van der Waals surface area contributed by atoms with Crippen molar-refractivity contribution in [2.45, 2.75) is 13.8 Å². The fourth-order valence-electron chi connectivity index (χ4n) is 1.47. The number of benzene rings is 1. The van der Waals surface area contributed by atoms with Crippen LogP contribution in [0.3, 0.4) is 0 Å². The van der Waals surface area contributed by atoms with E-state index < -0.39 is 0 Å². The summed E-state index contributed by atoms with van der Waals surface area (Å²) < 4.78 is 0.985. The molecule has 1 aromatic heterocycles. The summed E-state index contributed by atoms with van der Waals surface area (Å²) in [5.74, 6) is 0.858. The summed E-state index contributed by atoms with van der Waals surface area (Å²) in [5.41, 5.74) is 3.64. The molecule has 0 bridgehead atoms. The Hall–Kier alpha value is -1.35. The van der Waals surface area contributed by atoms with Gasteiger partial charge in [0.05, 0.1) is 0 Å². The molecule has 0 unspecified atom stereocenters. The predicted molar refractivity (Wildman–Crippen MR) is 71.1 cm³/mol. The van der Waals surface area contributed by atoms with Gasteiger partial charge in [-0.1, -0.05) is 12.1 Å². The molecule has 3 heteroatoms. The highest BCUT2D eigenvalue weighted by Gasteiger charge is 2.01. The lowest BCUT2D eigenvalue weighted by Crippen LogP contribution is -1.96. The quantitative estimate of drug-likeness (QED) is 0.889. The molecule has 0 spiro atoms. The van der Waals surface area contributed by atoms with Crippen LogP contribution < -0.4 is 5.32 Å². The van der Waals surface area contributed by atoms with Gasteiger partial charge in [-0.25, -0.2) is 4.98 Å². The standard InChI is InChI=1S/C13H13BrN2/c1-9-4-3-5-12(10(9)2)16-13-7-6-11(14)8-15-13/h3-8H,1-2H3,(H,15,16). The Bertz CT molecular complexity index is 492. The van der Waals surface area contributed by atoms with Crippen LogP contribution in [0.2, 0.25) is 0 Å². The molecular weight excluding hydrogens is 264 g/mol. The van der Waals surface area contributed by atoms with Crippen molar-refractivity contribution >= 4 is 27.4 Å². The van der Waals surface area contributed by atoms with Crippen molar-refractivity contribution in [3.63, 3.8) is 0 Å². The second-order valence-corrected chi connectivity index (χ2v) is 4.65. The third-order valence-corrected chi connectivity index (χ3v) is 3.06. The number of nitrogens with one attached hydrogen (secondary N) is 1. The van der Waals surface area contributed by atoms with Crippen molar-refractivity contribution in [1.29, 1.82) is 0 Å². The van der Waals surface area contributed by atoms with E-state index in [4.69, 9.17) is 0 Å². The zero-order chi connectivity index (χ0) is 11.5. The Labute approximate surface area is 104 Å². The van der Waals surface area contributed by atoms with Gasteiger partial charge in [0.25, 0.3) is 0 Å². The first kappa shape index (κ1) is 11.1. The monoisotopic (exact) mass is 276 g/mol. The summed E-state index contributed by atoms with van der Waals surface area (Å²) in [6, 6.07) is 10.1. The lowest BCUT2D eigenvalue weighted by Gasteiger charge is -2.10. The highest BCUT2D eigenvalue weighted by atomic mass is 79.9. The zero-order valence-electron chi connectivity index (χ0n) is 9.29. The van der Waals surface area contributed by atoms with Crippen LogP contribution in [0.5, 0.6) is 0 Å². The molecule has 0 aliphatic heterocycles. The van der Waals surface area contributed by atoms with Gasteiger partial charge in [0.15, 0.2) is 0 Å². The summed E-state index contributed by atoms with van der Waals surface area (Å²) in [4.78, 5) is 4.29. The Kier molecular flexibility index (Phi) is 3.25. The Morgan fingerprint density at radius 2 is 1.94 bits per heavy atom. The second-order valence-electron chi connectivity index (χ2n) is 3.73. The third kappa shape index (κ3) is 2.42. The number of rotatable bonds is 2. The van der Waals surface area contributed by atoms with E-state index in [1.165, 1.54) is 11.1 Å². The topological polar surface area (TPSA) is 24.9 Å². The van der Waals surface area contributed by atoms with Crippen molar-refractivity contribution in [2.24, 2.45) is 0 Å². The first-order valence-corrected chi connectivity index (χ1v) is 5.91. The minimum atomic E-state index is 0.858. The zero-order valence-corrected chi connectivity index (χ0v) is 10.9. The van der Waals surface area contributed by atoms with E-state index in [9.17, 15) is 0 Å². The smallest absolute Gasteiger partial charge is 0.130 e. The van der Waals surface area contributed by atoms with Gasteiger partial charge in [0.1, 0.15) is 5.82 Å². The lowest BCUT2D eigenvalue weighted by atomic mass is 10.1. The van der Waals surface area contributed by atoms with Gasteiger partial charge < -0.3 is 5.32 Å². The summed E-state index contributed by atoms with van der Waals surface area (Å²) in [7, 11) is 0. The number of aryl methyl sites for hydroxylation is 1. The minimum absolute atomic E-state index is 0.858. The molecule has 2 aromatic rings. The van der Waals surface area contributed by atoms with Gasteiger partial charge in [0.2, 0.25) is 0 Å². The minimum Gasteiger partial charge on any atom is -0.340 e. The van der Waals surface area contributed by atoms with Crippen LogP contribution in [0.4, 0.5) is 11.5 Å².